The SMILES string of the molecule is C=CC(=O)N(C)CC(O)COCCC[Si](C)(C)O[SiH](C)C. The summed E-state index contributed by atoms with van der Waals surface area (Å²) in [6.07, 6.45) is 1.52. The van der Waals surface area contributed by atoms with E-state index in [0.717, 1.165) is 12.5 Å². The molecule has 0 fully saturated rings. The number of aliphatic hydroxyl groups excluding tert-OH is 1. The number of hydrogen-bond acceptors (Lipinski definition) is 4. The molecule has 124 valence electrons. The number of hydrogen-bond donors (Lipinski definition) is 1. The van der Waals surface area contributed by atoms with Crippen LogP contribution < -0.4 is 0 Å². The van der Waals surface area contributed by atoms with Gasteiger partial charge in [0.15, 0.2) is 17.4 Å². The summed E-state index contributed by atoms with van der Waals surface area (Å²) in [7, 11) is -0.866. The molecule has 0 heterocycles. The molecule has 0 radical (unpaired) electrons. The van der Waals surface area contributed by atoms with Gasteiger partial charge in [-0.3, -0.25) is 4.79 Å². The highest BCUT2D eigenvalue weighted by Crippen LogP contribution is 2.15. The molecule has 0 rings (SSSR count). The van der Waals surface area contributed by atoms with Crippen LogP contribution in [0.25, 0.3) is 0 Å². The smallest absolute Gasteiger partial charge is 0.245 e. The van der Waals surface area contributed by atoms with E-state index in [9.17, 15) is 9.90 Å². The molecule has 0 aromatic heterocycles. The van der Waals surface area contributed by atoms with E-state index in [0.29, 0.717) is 6.61 Å². The molecular formula is C14H31NO4Si2. The fourth-order valence-electron chi connectivity index (χ4n) is 2.13. The van der Waals surface area contributed by atoms with Crippen LogP contribution in [0.4, 0.5) is 0 Å². The summed E-state index contributed by atoms with van der Waals surface area (Å²) >= 11 is 0. The normalized spacial score (nSPS) is 13.3. The van der Waals surface area contributed by atoms with Crippen molar-refractivity contribution < 1.29 is 18.8 Å². The van der Waals surface area contributed by atoms with Crippen LogP contribution in [0.1, 0.15) is 6.42 Å². The third-order valence-electron chi connectivity index (χ3n) is 2.97. The number of likely N-dealkylation sites (N-methyl/N-ethyl adjacent to an activating group) is 1. The molecule has 0 spiro atoms. The summed E-state index contributed by atoms with van der Waals surface area (Å²) < 4.78 is 11.6. The summed E-state index contributed by atoms with van der Waals surface area (Å²) in [6, 6.07) is 1.07. The Balaban J connectivity index is 3.76. The Kier molecular flexibility index (Phi) is 10.1. The predicted molar refractivity (Wildman–Crippen MR) is 91.5 cm³/mol. The van der Waals surface area contributed by atoms with Gasteiger partial charge in [-0.2, -0.15) is 0 Å². The summed E-state index contributed by atoms with van der Waals surface area (Å²) in [5, 5.41) is 9.78. The van der Waals surface area contributed by atoms with Crippen LogP contribution in [-0.4, -0.2) is 66.2 Å². The second-order valence-corrected chi connectivity index (χ2v) is 13.2. The monoisotopic (exact) mass is 333 g/mol. The summed E-state index contributed by atoms with van der Waals surface area (Å²) in [6.45, 7) is 13.4. The van der Waals surface area contributed by atoms with Crippen molar-refractivity contribution in [1.29, 1.82) is 0 Å². The zero-order chi connectivity index (χ0) is 16.5. The number of aliphatic hydroxyl groups is 1. The molecule has 0 aromatic rings. The third-order valence-corrected chi connectivity index (χ3v) is 8.96. The van der Waals surface area contributed by atoms with Gasteiger partial charge in [0.25, 0.3) is 0 Å². The number of rotatable bonds is 11. The van der Waals surface area contributed by atoms with Gasteiger partial charge in [0.05, 0.1) is 12.7 Å². The highest BCUT2D eigenvalue weighted by atomic mass is 28.4. The molecule has 0 aromatic carbocycles. The zero-order valence-electron chi connectivity index (χ0n) is 14.1. The first kappa shape index (κ1) is 20.5. The van der Waals surface area contributed by atoms with Gasteiger partial charge in [-0.15, -0.1) is 0 Å². The lowest BCUT2D eigenvalue weighted by Crippen LogP contribution is -2.36. The highest BCUT2D eigenvalue weighted by Gasteiger charge is 2.22. The maximum Gasteiger partial charge on any atom is 0.245 e. The van der Waals surface area contributed by atoms with Crippen LogP contribution in [0.2, 0.25) is 32.2 Å². The standard InChI is InChI=1S/C14H31NO4Si2/c1-7-14(17)15(2)11-13(16)12-18-9-8-10-21(5,6)19-20(3)4/h7,13,16,20H,1,8-12H2,2-6H3. The van der Waals surface area contributed by atoms with Crippen molar-refractivity contribution in [2.75, 3.05) is 26.8 Å². The van der Waals surface area contributed by atoms with Crippen LogP contribution >= 0.6 is 0 Å². The Labute approximate surface area is 131 Å². The summed E-state index contributed by atoms with van der Waals surface area (Å²) in [5.74, 6) is -0.197. The number of amides is 1. The van der Waals surface area contributed by atoms with Crippen molar-refractivity contribution in [3.63, 3.8) is 0 Å². The van der Waals surface area contributed by atoms with Gasteiger partial charge in [0, 0.05) is 20.2 Å². The molecule has 1 amide bonds. The summed E-state index contributed by atoms with van der Waals surface area (Å²) in [4.78, 5) is 12.7. The average molecular weight is 334 g/mol. The Morgan fingerprint density at radius 1 is 1.48 bits per heavy atom. The number of carbonyl (C=O) groups excluding carboxylic acids is 1. The quantitative estimate of drug-likeness (QED) is 0.354. The van der Waals surface area contributed by atoms with E-state index in [1.807, 2.05) is 0 Å². The van der Waals surface area contributed by atoms with Gasteiger partial charge in [0.1, 0.15) is 0 Å². The van der Waals surface area contributed by atoms with Gasteiger partial charge in [-0.25, -0.2) is 0 Å². The Morgan fingerprint density at radius 3 is 2.62 bits per heavy atom. The molecule has 0 aliphatic carbocycles. The maximum absolute atomic E-state index is 11.3. The summed E-state index contributed by atoms with van der Waals surface area (Å²) in [5.41, 5.74) is 0. The molecule has 1 N–H and O–H groups in total. The minimum Gasteiger partial charge on any atom is -0.458 e. The molecule has 0 bridgehead atoms. The molecule has 1 unspecified atom stereocenters. The zero-order valence-corrected chi connectivity index (χ0v) is 16.2. The van der Waals surface area contributed by atoms with E-state index in [1.54, 1.807) is 7.05 Å². The molecule has 5 nitrogen and oxygen atoms in total. The van der Waals surface area contributed by atoms with Gasteiger partial charge in [0.2, 0.25) is 5.91 Å². The Bertz CT molecular complexity index is 324. The van der Waals surface area contributed by atoms with E-state index in [1.165, 1.54) is 11.0 Å². The fourth-order valence-corrected chi connectivity index (χ4v) is 8.70. The topological polar surface area (TPSA) is 59.0 Å². The fraction of sp³-hybridized carbons (Fsp3) is 0.786. The van der Waals surface area contributed by atoms with E-state index in [2.05, 4.69) is 32.8 Å². The number of carbonyl (C=O) groups is 1. The van der Waals surface area contributed by atoms with Crippen LogP contribution in [0.15, 0.2) is 12.7 Å². The van der Waals surface area contributed by atoms with Gasteiger partial charge < -0.3 is 18.9 Å². The molecule has 0 aliphatic rings. The highest BCUT2D eigenvalue weighted by molar-refractivity contribution is 6.77. The molecule has 0 aliphatic heterocycles. The predicted octanol–water partition coefficient (Wildman–Crippen LogP) is 1.60. The number of ether oxygens (including phenoxy) is 1. The van der Waals surface area contributed by atoms with Crippen molar-refractivity contribution >= 4 is 23.3 Å². The van der Waals surface area contributed by atoms with Crippen molar-refractivity contribution in [1.82, 2.24) is 4.90 Å². The lowest BCUT2D eigenvalue weighted by molar-refractivity contribution is -0.126. The van der Waals surface area contributed by atoms with Gasteiger partial charge in [-0.1, -0.05) is 6.58 Å². The maximum atomic E-state index is 11.3. The second-order valence-electron chi connectivity index (χ2n) is 6.18. The van der Waals surface area contributed by atoms with Crippen LogP contribution in [0.5, 0.6) is 0 Å². The van der Waals surface area contributed by atoms with Crippen molar-refractivity contribution in [2.24, 2.45) is 0 Å². The molecule has 21 heavy (non-hydrogen) atoms. The molecule has 0 saturated heterocycles. The van der Waals surface area contributed by atoms with Crippen molar-refractivity contribution in [3.8, 4) is 0 Å². The molecule has 1 atom stereocenters. The first-order valence-corrected chi connectivity index (χ1v) is 13.4. The second kappa shape index (κ2) is 10.3. The molecule has 0 saturated carbocycles. The van der Waals surface area contributed by atoms with E-state index in [-0.39, 0.29) is 19.1 Å². The first-order chi connectivity index (χ1) is 9.68. The van der Waals surface area contributed by atoms with Crippen molar-refractivity contribution in [3.05, 3.63) is 12.7 Å². The number of nitrogens with zero attached hydrogens (tertiary/aromatic N) is 1. The Hall–Kier alpha value is -0.476. The minimum atomic E-state index is -1.53. The van der Waals surface area contributed by atoms with E-state index >= 15 is 0 Å². The van der Waals surface area contributed by atoms with Gasteiger partial charge in [-0.05, 0) is 44.7 Å². The lowest BCUT2D eigenvalue weighted by atomic mass is 10.3. The first-order valence-electron chi connectivity index (χ1n) is 7.49. The Morgan fingerprint density at radius 2 is 2.10 bits per heavy atom. The van der Waals surface area contributed by atoms with E-state index in [4.69, 9.17) is 8.85 Å². The van der Waals surface area contributed by atoms with Crippen LogP contribution in [0, 0.1) is 0 Å². The van der Waals surface area contributed by atoms with Crippen LogP contribution in [-0.2, 0) is 13.6 Å². The largest absolute Gasteiger partial charge is 0.458 e. The minimum absolute atomic E-state index is 0.197. The third kappa shape index (κ3) is 10.8. The lowest BCUT2D eigenvalue weighted by Gasteiger charge is -2.25. The van der Waals surface area contributed by atoms with E-state index < -0.39 is 23.5 Å². The van der Waals surface area contributed by atoms with Gasteiger partial charge >= 0.3 is 0 Å². The van der Waals surface area contributed by atoms with Crippen molar-refractivity contribution in [2.45, 2.75) is 44.8 Å². The molecule has 7 heteroatoms. The molecular weight excluding hydrogens is 302 g/mol. The van der Waals surface area contributed by atoms with Crippen LogP contribution in [0.3, 0.4) is 0 Å². The average Bonchev–Trinajstić information content (AvgIpc) is 2.35.